The molecule has 0 bridgehead atoms. The van der Waals surface area contributed by atoms with Gasteiger partial charge in [-0.2, -0.15) is 0 Å². The van der Waals surface area contributed by atoms with Gasteiger partial charge in [0.1, 0.15) is 5.03 Å². The Morgan fingerprint density at radius 3 is 2.91 bits per heavy atom. The molecule has 0 fully saturated rings. The van der Waals surface area contributed by atoms with Crippen LogP contribution in [0.15, 0.2) is 11.2 Å². The lowest BCUT2D eigenvalue weighted by Gasteiger charge is -2.06. The lowest BCUT2D eigenvalue weighted by atomic mass is 10.9. The van der Waals surface area contributed by atoms with Gasteiger partial charge < -0.3 is 4.90 Å². The average Bonchev–Trinajstić information content (AvgIpc) is 2.39. The summed E-state index contributed by atoms with van der Waals surface area (Å²) in [5.74, 6) is 0. The topological polar surface area (TPSA) is 61.9 Å². The Bertz CT molecular complexity index is 233. The molecule has 1 rings (SSSR count). The van der Waals surface area contributed by atoms with Crippen molar-refractivity contribution in [1.82, 2.24) is 20.3 Å². The first-order chi connectivity index (χ1) is 5.20. The summed E-state index contributed by atoms with van der Waals surface area (Å²) >= 11 is 1.04. The molecule has 1 N–H and O–H groups in total. The molecule has 0 unspecified atom stereocenters. The zero-order valence-corrected chi connectivity index (χ0v) is 7.05. The third-order valence-corrected chi connectivity index (χ3v) is 1.90. The number of carbonyl (C=O) groups is 1. The molecule has 0 atom stereocenters. The zero-order chi connectivity index (χ0) is 8.27. The van der Waals surface area contributed by atoms with Gasteiger partial charge >= 0.3 is 0 Å². The molecule has 0 saturated carbocycles. The molecule has 6 heteroatoms. The van der Waals surface area contributed by atoms with E-state index in [1.54, 1.807) is 20.3 Å². The fourth-order valence-electron chi connectivity index (χ4n) is 0.422. The van der Waals surface area contributed by atoms with Crippen molar-refractivity contribution in [2.75, 3.05) is 14.1 Å². The molecule has 0 aliphatic rings. The molecule has 60 valence electrons. The Morgan fingerprint density at radius 1 is 1.73 bits per heavy atom. The summed E-state index contributed by atoms with van der Waals surface area (Å²) in [6.45, 7) is 0. The number of amides is 1. The smallest absolute Gasteiger partial charge is 0.287 e. The van der Waals surface area contributed by atoms with Crippen LogP contribution in [0.4, 0.5) is 4.79 Å². The number of thioether (sulfide) groups is 1. The zero-order valence-electron chi connectivity index (χ0n) is 6.24. The van der Waals surface area contributed by atoms with E-state index in [1.807, 2.05) is 0 Å². The molecular weight excluding hydrogens is 164 g/mol. The second-order valence-corrected chi connectivity index (χ2v) is 3.05. The van der Waals surface area contributed by atoms with E-state index in [0.29, 0.717) is 5.03 Å². The predicted molar refractivity (Wildman–Crippen MR) is 41.3 cm³/mol. The second kappa shape index (κ2) is 3.38. The van der Waals surface area contributed by atoms with Gasteiger partial charge in [-0.25, -0.2) is 0 Å². The van der Waals surface area contributed by atoms with Crippen molar-refractivity contribution < 1.29 is 4.79 Å². The van der Waals surface area contributed by atoms with Crippen molar-refractivity contribution in [3.63, 3.8) is 0 Å². The molecule has 11 heavy (non-hydrogen) atoms. The summed E-state index contributed by atoms with van der Waals surface area (Å²) < 4.78 is 0. The number of aromatic amines is 1. The highest BCUT2D eigenvalue weighted by Crippen LogP contribution is 2.15. The molecule has 0 aliphatic heterocycles. The molecule has 0 spiro atoms. The van der Waals surface area contributed by atoms with Crippen LogP contribution in [-0.4, -0.2) is 39.6 Å². The van der Waals surface area contributed by atoms with Crippen molar-refractivity contribution in [2.24, 2.45) is 0 Å². The Labute approximate surface area is 68.2 Å². The maximum atomic E-state index is 11.0. The van der Waals surface area contributed by atoms with Gasteiger partial charge in [-0.3, -0.25) is 9.89 Å². The third-order valence-electron chi connectivity index (χ3n) is 0.951. The summed E-state index contributed by atoms with van der Waals surface area (Å²) in [6.07, 6.45) is 1.58. The van der Waals surface area contributed by atoms with Crippen molar-refractivity contribution in [3.05, 3.63) is 6.20 Å². The van der Waals surface area contributed by atoms with Gasteiger partial charge in [-0.05, 0) is 11.8 Å². The quantitative estimate of drug-likeness (QED) is 0.629. The summed E-state index contributed by atoms with van der Waals surface area (Å²) in [4.78, 5) is 12.5. The van der Waals surface area contributed by atoms with E-state index in [1.165, 1.54) is 4.90 Å². The van der Waals surface area contributed by atoms with Gasteiger partial charge in [0.15, 0.2) is 0 Å². The highest BCUT2D eigenvalue weighted by molar-refractivity contribution is 8.13. The number of rotatable bonds is 1. The van der Waals surface area contributed by atoms with Crippen LogP contribution in [-0.2, 0) is 0 Å². The van der Waals surface area contributed by atoms with Gasteiger partial charge in [0, 0.05) is 14.1 Å². The van der Waals surface area contributed by atoms with Gasteiger partial charge in [0.25, 0.3) is 5.24 Å². The molecule has 0 aliphatic carbocycles. The summed E-state index contributed by atoms with van der Waals surface area (Å²) in [5.41, 5.74) is 0. The molecule has 0 aromatic carbocycles. The van der Waals surface area contributed by atoms with E-state index in [-0.39, 0.29) is 5.24 Å². The van der Waals surface area contributed by atoms with E-state index in [9.17, 15) is 4.79 Å². The Hall–Kier alpha value is -1.04. The number of H-pyrrole nitrogens is 1. The molecular formula is C5H8N4OS. The summed E-state index contributed by atoms with van der Waals surface area (Å²) in [6, 6.07) is 0. The SMILES string of the molecule is CN(C)C(=O)Sc1c[nH]nn1. The van der Waals surface area contributed by atoms with E-state index in [2.05, 4.69) is 15.4 Å². The first-order valence-electron chi connectivity index (χ1n) is 2.95. The highest BCUT2D eigenvalue weighted by atomic mass is 32.2. The molecule has 1 heterocycles. The monoisotopic (exact) mass is 172 g/mol. The first-order valence-corrected chi connectivity index (χ1v) is 3.77. The van der Waals surface area contributed by atoms with Crippen molar-refractivity contribution >= 4 is 17.0 Å². The predicted octanol–water partition coefficient (Wildman–Crippen LogP) is 0.578. The average molecular weight is 172 g/mol. The Morgan fingerprint density at radius 2 is 2.45 bits per heavy atom. The van der Waals surface area contributed by atoms with Crippen molar-refractivity contribution in [1.29, 1.82) is 0 Å². The standard InChI is InChI=1S/C5H8N4OS/c1-9(2)5(10)11-4-3-6-8-7-4/h3H,1-2H3,(H,6,7,8). The molecule has 1 aromatic rings. The van der Waals surface area contributed by atoms with Gasteiger partial charge in [0.2, 0.25) is 0 Å². The number of hydrogen-bond donors (Lipinski definition) is 1. The first kappa shape index (κ1) is 8.06. The maximum absolute atomic E-state index is 11.0. The Balaban J connectivity index is 2.50. The van der Waals surface area contributed by atoms with E-state index < -0.39 is 0 Å². The van der Waals surface area contributed by atoms with Crippen LogP contribution in [0.2, 0.25) is 0 Å². The molecule has 1 amide bonds. The van der Waals surface area contributed by atoms with E-state index >= 15 is 0 Å². The number of aromatic nitrogens is 3. The minimum absolute atomic E-state index is 0.0566. The molecule has 5 nitrogen and oxygen atoms in total. The van der Waals surface area contributed by atoms with Gasteiger partial charge in [-0.1, -0.05) is 5.21 Å². The lowest BCUT2D eigenvalue weighted by Crippen LogP contribution is -2.16. The van der Waals surface area contributed by atoms with Crippen molar-refractivity contribution in [3.8, 4) is 0 Å². The van der Waals surface area contributed by atoms with Crippen LogP contribution in [0.1, 0.15) is 0 Å². The van der Waals surface area contributed by atoms with Crippen LogP contribution in [0.25, 0.3) is 0 Å². The Kier molecular flexibility index (Phi) is 2.48. The lowest BCUT2D eigenvalue weighted by molar-refractivity contribution is 0.241. The molecule has 0 radical (unpaired) electrons. The minimum Gasteiger partial charge on any atom is -0.339 e. The van der Waals surface area contributed by atoms with Gasteiger partial charge in [-0.15, -0.1) is 5.10 Å². The number of nitrogens with zero attached hydrogens (tertiary/aromatic N) is 3. The van der Waals surface area contributed by atoms with E-state index in [0.717, 1.165) is 11.8 Å². The highest BCUT2D eigenvalue weighted by Gasteiger charge is 2.07. The fourth-order valence-corrected chi connectivity index (χ4v) is 0.976. The van der Waals surface area contributed by atoms with Crippen LogP contribution in [0.5, 0.6) is 0 Å². The van der Waals surface area contributed by atoms with Crippen LogP contribution >= 0.6 is 11.8 Å². The largest absolute Gasteiger partial charge is 0.339 e. The number of hydrogen-bond acceptors (Lipinski definition) is 4. The minimum atomic E-state index is -0.0566. The van der Waals surface area contributed by atoms with Gasteiger partial charge in [0.05, 0.1) is 6.20 Å². The van der Waals surface area contributed by atoms with Crippen LogP contribution in [0, 0.1) is 0 Å². The third kappa shape index (κ3) is 2.23. The normalized spacial score (nSPS) is 9.64. The van der Waals surface area contributed by atoms with Crippen LogP contribution < -0.4 is 0 Å². The molecule has 0 saturated heterocycles. The van der Waals surface area contributed by atoms with Crippen molar-refractivity contribution in [2.45, 2.75) is 5.03 Å². The van der Waals surface area contributed by atoms with Crippen LogP contribution in [0.3, 0.4) is 0 Å². The fraction of sp³-hybridized carbons (Fsp3) is 0.400. The molecule has 1 aromatic heterocycles. The summed E-state index contributed by atoms with van der Waals surface area (Å²) in [5, 5.41) is 10.2. The number of carbonyl (C=O) groups excluding carboxylic acids is 1. The second-order valence-electron chi connectivity index (χ2n) is 2.07. The maximum Gasteiger partial charge on any atom is 0.287 e. The summed E-state index contributed by atoms with van der Waals surface area (Å²) in [7, 11) is 3.38. The number of nitrogens with one attached hydrogen (secondary N) is 1. The van der Waals surface area contributed by atoms with E-state index in [4.69, 9.17) is 0 Å².